The first-order valence-electron chi connectivity index (χ1n) is 4.15. The molecule has 3 aliphatic rings. The second-order valence-corrected chi connectivity index (χ2v) is 3.75. The van der Waals surface area contributed by atoms with Crippen molar-refractivity contribution in [3.05, 3.63) is 0 Å². The second-order valence-electron chi connectivity index (χ2n) is 3.75. The number of fused-ring (bicyclic) bond motifs is 3. The lowest BCUT2D eigenvalue weighted by atomic mass is 9.78. The first-order valence-corrected chi connectivity index (χ1v) is 4.15. The van der Waals surface area contributed by atoms with Crippen molar-refractivity contribution in [1.82, 2.24) is 4.90 Å². The van der Waals surface area contributed by atoms with Crippen LogP contribution in [-0.4, -0.2) is 35.7 Å². The van der Waals surface area contributed by atoms with E-state index in [1.165, 1.54) is 19.4 Å². The van der Waals surface area contributed by atoms with Crippen LogP contribution in [-0.2, 0) is 0 Å². The molecule has 3 atom stereocenters. The molecule has 0 radical (unpaired) electrons. The summed E-state index contributed by atoms with van der Waals surface area (Å²) in [5.74, 6) is 0.782. The molecule has 2 heteroatoms. The Labute approximate surface area is 61.8 Å². The van der Waals surface area contributed by atoms with Gasteiger partial charge in [0, 0.05) is 12.6 Å². The zero-order valence-electron chi connectivity index (χ0n) is 6.45. The topological polar surface area (TPSA) is 23.5 Å². The van der Waals surface area contributed by atoms with Gasteiger partial charge < -0.3 is 10.0 Å². The number of aliphatic hydroxyl groups is 1. The number of piperidine rings is 2. The lowest BCUT2D eigenvalue weighted by molar-refractivity contribution is -0.0417. The van der Waals surface area contributed by atoms with Crippen LogP contribution in [0.25, 0.3) is 0 Å². The van der Waals surface area contributed by atoms with E-state index in [-0.39, 0.29) is 6.10 Å². The van der Waals surface area contributed by atoms with Gasteiger partial charge in [-0.15, -0.1) is 0 Å². The van der Waals surface area contributed by atoms with Gasteiger partial charge >= 0.3 is 0 Å². The van der Waals surface area contributed by atoms with Crippen molar-refractivity contribution in [2.24, 2.45) is 5.92 Å². The zero-order valence-corrected chi connectivity index (χ0v) is 6.45. The summed E-state index contributed by atoms with van der Waals surface area (Å²) in [5.41, 5.74) is 0. The first kappa shape index (κ1) is 6.62. The minimum absolute atomic E-state index is 0.0301. The quantitative estimate of drug-likeness (QED) is 0.530. The zero-order chi connectivity index (χ0) is 7.14. The van der Waals surface area contributed by atoms with Gasteiger partial charge in [-0.1, -0.05) is 0 Å². The van der Waals surface area contributed by atoms with Gasteiger partial charge in [0.1, 0.15) is 0 Å². The molecule has 0 spiro atoms. The highest BCUT2D eigenvalue weighted by Gasteiger charge is 2.37. The SMILES string of the molecule is CN1C[C@H]2CC[C@@H]1[C@@H](O)C2. The Balaban J connectivity index is 2.11. The highest BCUT2D eigenvalue weighted by Crippen LogP contribution is 2.33. The molecule has 2 bridgehead atoms. The number of aliphatic hydroxyl groups excluding tert-OH is 1. The average Bonchev–Trinajstić information content (AvgIpc) is 1.86. The molecule has 3 rings (SSSR count). The van der Waals surface area contributed by atoms with Crippen LogP contribution in [0.5, 0.6) is 0 Å². The number of nitrogens with zero attached hydrogens (tertiary/aromatic N) is 1. The molecule has 3 fully saturated rings. The number of hydrogen-bond acceptors (Lipinski definition) is 2. The van der Waals surface area contributed by atoms with Gasteiger partial charge in [0.05, 0.1) is 6.10 Å². The van der Waals surface area contributed by atoms with Crippen molar-refractivity contribution in [1.29, 1.82) is 0 Å². The lowest BCUT2D eigenvalue weighted by Gasteiger charge is -2.46. The Hall–Kier alpha value is -0.0800. The van der Waals surface area contributed by atoms with Crippen LogP contribution < -0.4 is 0 Å². The fourth-order valence-corrected chi connectivity index (χ4v) is 2.44. The molecule has 0 aromatic heterocycles. The van der Waals surface area contributed by atoms with E-state index in [2.05, 4.69) is 11.9 Å². The molecule has 1 aliphatic carbocycles. The molecular weight excluding hydrogens is 126 g/mol. The lowest BCUT2D eigenvalue weighted by Crippen LogP contribution is -2.53. The largest absolute Gasteiger partial charge is 0.391 e. The summed E-state index contributed by atoms with van der Waals surface area (Å²) >= 11 is 0. The first-order chi connectivity index (χ1) is 4.77. The molecule has 0 unspecified atom stereocenters. The van der Waals surface area contributed by atoms with Crippen LogP contribution in [0.2, 0.25) is 0 Å². The Morgan fingerprint density at radius 2 is 2.20 bits per heavy atom. The van der Waals surface area contributed by atoms with E-state index >= 15 is 0 Å². The second kappa shape index (κ2) is 2.21. The van der Waals surface area contributed by atoms with Crippen LogP contribution in [0.3, 0.4) is 0 Å². The van der Waals surface area contributed by atoms with Crippen LogP contribution in [0.15, 0.2) is 0 Å². The maximum Gasteiger partial charge on any atom is 0.0698 e. The Morgan fingerprint density at radius 3 is 2.60 bits per heavy atom. The smallest absolute Gasteiger partial charge is 0.0698 e. The minimum atomic E-state index is -0.0301. The van der Waals surface area contributed by atoms with Gasteiger partial charge in [-0.2, -0.15) is 0 Å². The molecule has 2 heterocycles. The molecular formula is C8H15NO. The Morgan fingerprint density at radius 1 is 1.40 bits per heavy atom. The predicted molar refractivity (Wildman–Crippen MR) is 39.8 cm³/mol. The molecule has 0 aromatic carbocycles. The third-order valence-electron chi connectivity index (χ3n) is 3.00. The summed E-state index contributed by atoms with van der Waals surface area (Å²) in [6, 6.07) is 0.477. The fraction of sp³-hybridized carbons (Fsp3) is 1.00. The van der Waals surface area contributed by atoms with Crippen molar-refractivity contribution in [2.75, 3.05) is 13.6 Å². The van der Waals surface area contributed by atoms with Crippen molar-refractivity contribution < 1.29 is 5.11 Å². The van der Waals surface area contributed by atoms with Crippen molar-refractivity contribution in [2.45, 2.75) is 31.4 Å². The summed E-state index contributed by atoms with van der Waals surface area (Å²) in [6.45, 7) is 1.21. The van der Waals surface area contributed by atoms with Crippen molar-refractivity contribution in [3.8, 4) is 0 Å². The fourth-order valence-electron chi connectivity index (χ4n) is 2.44. The maximum atomic E-state index is 9.53. The third kappa shape index (κ3) is 0.867. The monoisotopic (exact) mass is 141 g/mol. The van der Waals surface area contributed by atoms with E-state index < -0.39 is 0 Å². The van der Waals surface area contributed by atoms with Crippen molar-refractivity contribution >= 4 is 0 Å². The highest BCUT2D eigenvalue weighted by molar-refractivity contribution is 4.92. The van der Waals surface area contributed by atoms with Gasteiger partial charge in [0.15, 0.2) is 0 Å². The molecule has 2 nitrogen and oxygen atoms in total. The number of hydrogen-bond donors (Lipinski definition) is 1. The molecule has 58 valence electrons. The minimum Gasteiger partial charge on any atom is -0.391 e. The number of rotatable bonds is 0. The Bertz CT molecular complexity index is 125. The van der Waals surface area contributed by atoms with Crippen LogP contribution in [0.1, 0.15) is 19.3 Å². The molecule has 2 aliphatic heterocycles. The molecule has 10 heavy (non-hydrogen) atoms. The summed E-state index contributed by atoms with van der Waals surface area (Å²) < 4.78 is 0. The van der Waals surface area contributed by atoms with Gasteiger partial charge in [-0.25, -0.2) is 0 Å². The molecule has 2 saturated heterocycles. The Kier molecular flexibility index (Phi) is 1.46. The number of likely N-dealkylation sites (N-methyl/N-ethyl adjacent to an activating group) is 1. The van der Waals surface area contributed by atoms with Crippen LogP contribution >= 0.6 is 0 Å². The van der Waals surface area contributed by atoms with Gasteiger partial charge in [0.25, 0.3) is 0 Å². The summed E-state index contributed by atoms with van der Waals surface area (Å²) in [5, 5.41) is 9.53. The van der Waals surface area contributed by atoms with Crippen LogP contribution in [0.4, 0.5) is 0 Å². The third-order valence-corrected chi connectivity index (χ3v) is 3.00. The molecule has 0 aromatic rings. The van der Waals surface area contributed by atoms with Gasteiger partial charge in [0.2, 0.25) is 0 Å². The molecule has 1 saturated carbocycles. The summed E-state index contributed by atoms with van der Waals surface area (Å²) in [6.07, 6.45) is 3.57. The normalized spacial score (nSPS) is 48.0. The van der Waals surface area contributed by atoms with E-state index in [9.17, 15) is 5.11 Å². The van der Waals surface area contributed by atoms with Crippen LogP contribution in [0, 0.1) is 5.92 Å². The van der Waals surface area contributed by atoms with E-state index in [0.29, 0.717) is 6.04 Å². The maximum absolute atomic E-state index is 9.53. The summed E-state index contributed by atoms with van der Waals surface area (Å²) in [7, 11) is 2.12. The van der Waals surface area contributed by atoms with E-state index in [0.717, 1.165) is 12.3 Å². The van der Waals surface area contributed by atoms with E-state index in [1.807, 2.05) is 0 Å². The van der Waals surface area contributed by atoms with Gasteiger partial charge in [-0.3, -0.25) is 0 Å². The van der Waals surface area contributed by atoms with E-state index in [1.54, 1.807) is 0 Å². The average molecular weight is 141 g/mol. The standard InChI is InChI=1S/C8H15NO/c1-9-5-6-2-3-7(9)8(10)4-6/h6-8,10H,2-5H2,1H3/t6-,7+,8-/m0/s1. The summed E-state index contributed by atoms with van der Waals surface area (Å²) in [4.78, 5) is 2.31. The predicted octanol–water partition coefficient (Wildman–Crippen LogP) is 0.461. The molecule has 1 N–H and O–H groups in total. The van der Waals surface area contributed by atoms with Gasteiger partial charge in [-0.05, 0) is 32.2 Å². The van der Waals surface area contributed by atoms with E-state index in [4.69, 9.17) is 0 Å². The highest BCUT2D eigenvalue weighted by atomic mass is 16.3. The molecule has 0 amide bonds. The van der Waals surface area contributed by atoms with Crippen molar-refractivity contribution in [3.63, 3.8) is 0 Å².